The Morgan fingerprint density at radius 2 is 1.44 bits per heavy atom. The molecule has 0 bridgehead atoms. The van der Waals surface area contributed by atoms with Crippen LogP contribution in [0.2, 0.25) is 0 Å². The van der Waals surface area contributed by atoms with Crippen LogP contribution >= 0.6 is 0 Å². The van der Waals surface area contributed by atoms with Gasteiger partial charge in [0.2, 0.25) is 0 Å². The Balaban J connectivity index is 1.06. The molecule has 0 aromatic carbocycles. The van der Waals surface area contributed by atoms with Gasteiger partial charge in [-0.25, -0.2) is 4.79 Å². The fourth-order valence-electron chi connectivity index (χ4n) is 11.7. The molecule has 0 amide bonds. The fourth-order valence-corrected chi connectivity index (χ4v) is 11.7. The summed E-state index contributed by atoms with van der Waals surface area (Å²) in [6.45, 7) is 7.14. The Kier molecular flexibility index (Phi) is 11.3. The second-order valence-electron chi connectivity index (χ2n) is 18.3. The van der Waals surface area contributed by atoms with Crippen molar-refractivity contribution in [1.82, 2.24) is 0 Å². The molecule has 19 unspecified atom stereocenters. The number of ketones is 1. The first kappa shape index (κ1) is 43.2. The van der Waals surface area contributed by atoms with E-state index >= 15 is 0 Å². The summed E-state index contributed by atoms with van der Waals surface area (Å²) in [6.07, 6.45) is -14.3. The molecule has 0 aromatic rings. The number of rotatable bonds is 8. The molecule has 4 aliphatic carbocycles. The first-order valence-corrected chi connectivity index (χ1v) is 20.1. The molecule has 10 N–H and O–H groups in total. The number of esters is 1. The summed E-state index contributed by atoms with van der Waals surface area (Å²) in [5.74, 6) is -1.47. The first-order valence-electron chi connectivity index (χ1n) is 20.1. The van der Waals surface area contributed by atoms with Gasteiger partial charge in [-0.05, 0) is 78.1 Å². The van der Waals surface area contributed by atoms with E-state index in [4.69, 9.17) is 23.7 Å². The molecule has 3 heterocycles. The first-order chi connectivity index (χ1) is 26.6. The van der Waals surface area contributed by atoms with Crippen LogP contribution in [0.4, 0.5) is 0 Å². The van der Waals surface area contributed by atoms with Gasteiger partial charge >= 0.3 is 5.97 Å². The van der Waals surface area contributed by atoms with E-state index in [2.05, 4.69) is 0 Å². The molecule has 0 spiro atoms. The average Bonchev–Trinajstić information content (AvgIpc) is 3.40. The van der Waals surface area contributed by atoms with Crippen LogP contribution in [0.5, 0.6) is 0 Å². The minimum absolute atomic E-state index is 0.0575. The van der Waals surface area contributed by atoms with E-state index in [0.29, 0.717) is 18.4 Å². The third-order valence-electron chi connectivity index (χ3n) is 15.7. The smallest absolute Gasteiger partial charge is 0.334 e. The lowest BCUT2D eigenvalue weighted by molar-refractivity contribution is -0.362. The molecule has 0 aromatic heterocycles. The van der Waals surface area contributed by atoms with Crippen molar-refractivity contribution in [2.75, 3.05) is 13.2 Å². The van der Waals surface area contributed by atoms with E-state index in [1.165, 1.54) is 6.92 Å². The number of aliphatic hydroxyl groups excluding tert-OH is 7. The van der Waals surface area contributed by atoms with Crippen molar-refractivity contribution >= 4 is 11.8 Å². The van der Waals surface area contributed by atoms with Crippen molar-refractivity contribution in [3.63, 3.8) is 0 Å². The van der Waals surface area contributed by atoms with Gasteiger partial charge in [0.1, 0.15) is 71.9 Å². The van der Waals surface area contributed by atoms with Crippen LogP contribution in [-0.2, 0) is 33.3 Å². The Hall–Kier alpha value is -1.94. The number of Topliss-reactive ketones (excluding diaryl/α,β-unsaturated/α-hetero) is 1. The lowest BCUT2D eigenvalue weighted by Gasteiger charge is -2.63. The molecule has 0 radical (unpaired) electrons. The lowest BCUT2D eigenvalue weighted by Crippen LogP contribution is -2.72. The van der Waals surface area contributed by atoms with E-state index < -0.39 is 126 Å². The van der Waals surface area contributed by atoms with E-state index in [0.717, 1.165) is 11.1 Å². The molecule has 17 heteroatoms. The standard InChI is InChI=1S/C40H60O17/c1-17-12-26(56-33(49)18(17)2)38(5,50)40(52)11-10-39(51)22-7-6-19-13-20(14-25(43)37(19,4)21(22)8-9-36(39,40)3)53-34-31(48)29(46)32(24(16-42)55-34)57-35-30(47)28(45)27(44)23(15-41)54-35/h6,20-24,26-32,34-35,41-42,44-48,50-52H,7-16H2,1-5H3. The number of ether oxygens (including phenoxy) is 5. The van der Waals surface area contributed by atoms with Gasteiger partial charge in [-0.3, -0.25) is 4.79 Å². The van der Waals surface area contributed by atoms with Crippen molar-refractivity contribution in [1.29, 1.82) is 0 Å². The molecule has 5 fully saturated rings. The van der Waals surface area contributed by atoms with Crippen LogP contribution in [0.3, 0.4) is 0 Å². The lowest BCUT2D eigenvalue weighted by atomic mass is 9.44. The number of hydrogen-bond donors (Lipinski definition) is 10. The Labute approximate surface area is 330 Å². The topological polar surface area (TPSA) is 283 Å². The predicted molar refractivity (Wildman–Crippen MR) is 193 cm³/mol. The van der Waals surface area contributed by atoms with Crippen molar-refractivity contribution in [2.24, 2.45) is 22.7 Å². The third-order valence-corrected chi connectivity index (χ3v) is 15.7. The maximum atomic E-state index is 14.3. The second kappa shape index (κ2) is 14.9. The number of hydrogen-bond acceptors (Lipinski definition) is 17. The minimum atomic E-state index is -1.90. The molecule has 7 aliphatic rings. The van der Waals surface area contributed by atoms with Gasteiger partial charge in [-0.1, -0.05) is 24.1 Å². The fraction of sp³-hybridized carbons (Fsp3) is 0.850. The van der Waals surface area contributed by atoms with Gasteiger partial charge in [-0.2, -0.15) is 0 Å². The molecule has 17 nitrogen and oxygen atoms in total. The SMILES string of the molecule is CC1=C(C)C(=O)OC(C(C)(O)C2(O)CCC3(O)C4CC=C5CC(OC6OC(CO)C(OC7OC(CO)C(O)C(O)C7O)C(O)C6O)CC(=O)C5(C)C4CCC32C)C1. The van der Waals surface area contributed by atoms with Crippen LogP contribution < -0.4 is 0 Å². The van der Waals surface area contributed by atoms with Crippen LogP contribution in [-0.4, -0.2) is 166 Å². The summed E-state index contributed by atoms with van der Waals surface area (Å²) < 4.78 is 28.6. The molecular formula is C40H60O17. The third kappa shape index (κ3) is 6.25. The van der Waals surface area contributed by atoms with Gasteiger partial charge in [-0.15, -0.1) is 0 Å². The van der Waals surface area contributed by atoms with Gasteiger partial charge in [0.15, 0.2) is 12.6 Å². The molecule has 3 aliphatic heterocycles. The van der Waals surface area contributed by atoms with Crippen LogP contribution in [0.1, 0.15) is 86.0 Å². The van der Waals surface area contributed by atoms with Gasteiger partial charge in [0, 0.05) is 23.8 Å². The van der Waals surface area contributed by atoms with E-state index in [1.54, 1.807) is 20.8 Å². The number of allylic oxidation sites excluding steroid dienone is 1. The average molecular weight is 813 g/mol. The Bertz CT molecular complexity index is 1640. The quantitative estimate of drug-likeness (QED) is 0.0975. The molecular weight excluding hydrogens is 752 g/mol. The van der Waals surface area contributed by atoms with Crippen molar-refractivity contribution in [2.45, 2.75) is 176 Å². The second-order valence-corrected chi connectivity index (χ2v) is 18.3. The predicted octanol–water partition coefficient (Wildman–Crippen LogP) is -1.61. The highest BCUT2D eigenvalue weighted by atomic mass is 16.7. The van der Waals surface area contributed by atoms with Crippen LogP contribution in [0, 0.1) is 22.7 Å². The normalized spacial score (nSPS) is 51.3. The molecule has 57 heavy (non-hydrogen) atoms. The summed E-state index contributed by atoms with van der Waals surface area (Å²) in [7, 11) is 0. The van der Waals surface area contributed by atoms with Crippen molar-refractivity contribution < 1.29 is 84.3 Å². The van der Waals surface area contributed by atoms with E-state index in [9.17, 15) is 60.7 Å². The number of carbonyl (C=O) groups excluding carboxylic acids is 2. The summed E-state index contributed by atoms with van der Waals surface area (Å²) in [5, 5.41) is 110. The maximum absolute atomic E-state index is 14.3. The van der Waals surface area contributed by atoms with Crippen molar-refractivity contribution in [3.05, 3.63) is 22.8 Å². The molecule has 322 valence electrons. The highest BCUT2D eigenvalue weighted by Crippen LogP contribution is 2.70. The zero-order valence-corrected chi connectivity index (χ0v) is 33.1. The van der Waals surface area contributed by atoms with E-state index in [1.807, 2.05) is 13.0 Å². The monoisotopic (exact) mass is 812 g/mol. The minimum Gasteiger partial charge on any atom is -0.455 e. The van der Waals surface area contributed by atoms with Crippen molar-refractivity contribution in [3.8, 4) is 0 Å². The zero-order chi connectivity index (χ0) is 41.8. The highest BCUT2D eigenvalue weighted by Gasteiger charge is 2.76. The largest absolute Gasteiger partial charge is 0.455 e. The Morgan fingerprint density at radius 1 is 0.807 bits per heavy atom. The van der Waals surface area contributed by atoms with Gasteiger partial charge < -0.3 is 74.7 Å². The van der Waals surface area contributed by atoms with Crippen LogP contribution in [0.15, 0.2) is 22.8 Å². The highest BCUT2D eigenvalue weighted by molar-refractivity contribution is 5.90. The van der Waals surface area contributed by atoms with E-state index in [-0.39, 0.29) is 50.2 Å². The maximum Gasteiger partial charge on any atom is 0.334 e. The molecule has 7 rings (SSSR count). The number of cyclic esters (lactones) is 1. The molecule has 19 atom stereocenters. The molecule has 3 saturated carbocycles. The zero-order valence-electron chi connectivity index (χ0n) is 33.1. The summed E-state index contributed by atoms with van der Waals surface area (Å²) >= 11 is 0. The summed E-state index contributed by atoms with van der Waals surface area (Å²) in [4.78, 5) is 27.0. The number of fused-ring (bicyclic) bond motifs is 5. The number of aliphatic hydroxyl groups is 10. The van der Waals surface area contributed by atoms with Gasteiger partial charge in [0.25, 0.3) is 0 Å². The van der Waals surface area contributed by atoms with Crippen LogP contribution in [0.25, 0.3) is 0 Å². The number of carbonyl (C=O) groups is 2. The summed E-state index contributed by atoms with van der Waals surface area (Å²) in [6, 6.07) is 0. The van der Waals surface area contributed by atoms with Gasteiger partial charge in [0.05, 0.1) is 30.3 Å². The Morgan fingerprint density at radius 3 is 2.09 bits per heavy atom. The summed E-state index contributed by atoms with van der Waals surface area (Å²) in [5.41, 5.74) is -5.39. The molecule has 2 saturated heterocycles.